The summed E-state index contributed by atoms with van der Waals surface area (Å²) in [6.07, 6.45) is 4.02. The molecular formula is C17H22F3NO3. The van der Waals surface area contributed by atoms with Gasteiger partial charge in [-0.1, -0.05) is 19.8 Å². The van der Waals surface area contributed by atoms with Crippen LogP contribution in [0.1, 0.15) is 44.2 Å². The largest absolute Gasteiger partial charge is 0.394 e. The van der Waals surface area contributed by atoms with Crippen LogP contribution in [0.2, 0.25) is 0 Å². The smallest absolute Gasteiger partial charge is 0.246 e. The molecule has 4 nitrogen and oxygen atoms in total. The molecule has 1 aliphatic rings. The number of benzene rings is 1. The van der Waals surface area contributed by atoms with E-state index in [2.05, 4.69) is 12.2 Å². The minimum atomic E-state index is -1.59. The Kier molecular flexibility index (Phi) is 6.62. The fourth-order valence-corrected chi connectivity index (χ4v) is 2.97. The maximum atomic E-state index is 13.3. The van der Waals surface area contributed by atoms with Crippen LogP contribution in [-0.4, -0.2) is 30.3 Å². The topological polar surface area (TPSA) is 58.6 Å². The third kappa shape index (κ3) is 4.95. The van der Waals surface area contributed by atoms with Crippen LogP contribution in [0.25, 0.3) is 0 Å². The lowest BCUT2D eigenvalue weighted by Gasteiger charge is -2.27. The number of aliphatic hydroxyl groups is 1. The molecule has 0 heterocycles. The molecular weight excluding hydrogens is 323 g/mol. The Bertz CT molecular complexity index is 559. The third-order valence-corrected chi connectivity index (χ3v) is 4.26. The van der Waals surface area contributed by atoms with Crippen LogP contribution in [-0.2, 0) is 9.53 Å². The number of aliphatic hydroxyl groups excluding tert-OH is 1. The first-order valence-electron chi connectivity index (χ1n) is 8.07. The zero-order chi connectivity index (χ0) is 17.7. The fourth-order valence-electron chi connectivity index (χ4n) is 2.97. The highest BCUT2D eigenvalue weighted by Crippen LogP contribution is 2.25. The van der Waals surface area contributed by atoms with Gasteiger partial charge in [0.25, 0.3) is 0 Å². The number of amides is 1. The quantitative estimate of drug-likeness (QED) is 0.780. The predicted molar refractivity (Wildman–Crippen MR) is 81.7 cm³/mol. The zero-order valence-corrected chi connectivity index (χ0v) is 13.5. The van der Waals surface area contributed by atoms with Crippen molar-refractivity contribution in [2.75, 3.05) is 13.2 Å². The molecule has 1 fully saturated rings. The first-order chi connectivity index (χ1) is 11.4. The van der Waals surface area contributed by atoms with E-state index < -0.39 is 36.0 Å². The number of carbonyl (C=O) groups excluding carboxylic acids is 1. The SMILES string of the molecule is CC1CCCC(OCC(=O)NC(CO)c2cc(F)c(F)c(F)c2)C1. The molecule has 24 heavy (non-hydrogen) atoms. The minimum Gasteiger partial charge on any atom is -0.394 e. The molecule has 1 aromatic rings. The molecule has 0 saturated heterocycles. The van der Waals surface area contributed by atoms with Crippen molar-refractivity contribution < 1.29 is 27.8 Å². The van der Waals surface area contributed by atoms with E-state index in [0.717, 1.165) is 37.8 Å². The van der Waals surface area contributed by atoms with Gasteiger partial charge in [-0.2, -0.15) is 0 Å². The fraction of sp³-hybridized carbons (Fsp3) is 0.588. The number of hydrogen-bond acceptors (Lipinski definition) is 3. The summed E-state index contributed by atoms with van der Waals surface area (Å²) in [6, 6.07) is 0.475. The molecule has 0 bridgehead atoms. The van der Waals surface area contributed by atoms with Gasteiger partial charge >= 0.3 is 0 Å². The van der Waals surface area contributed by atoms with E-state index in [1.54, 1.807) is 0 Å². The van der Waals surface area contributed by atoms with Crippen molar-refractivity contribution >= 4 is 5.91 Å². The molecule has 134 valence electrons. The molecule has 0 aliphatic heterocycles. The summed E-state index contributed by atoms with van der Waals surface area (Å²) in [5, 5.41) is 11.8. The van der Waals surface area contributed by atoms with Crippen molar-refractivity contribution in [2.24, 2.45) is 5.92 Å². The van der Waals surface area contributed by atoms with Gasteiger partial charge in [-0.25, -0.2) is 13.2 Å². The van der Waals surface area contributed by atoms with Crippen LogP contribution in [0.15, 0.2) is 12.1 Å². The first-order valence-corrected chi connectivity index (χ1v) is 8.07. The van der Waals surface area contributed by atoms with Gasteiger partial charge in [0.2, 0.25) is 5.91 Å². The molecule has 1 aliphatic carbocycles. The summed E-state index contributed by atoms with van der Waals surface area (Å²) in [5.74, 6) is -4.27. The number of carbonyl (C=O) groups is 1. The standard InChI is InChI=1S/C17H22F3NO3/c1-10-3-2-4-12(5-10)24-9-16(23)21-15(8-22)11-6-13(18)17(20)14(19)7-11/h6-7,10,12,15,22H,2-5,8-9H2,1H3,(H,21,23). The van der Waals surface area contributed by atoms with Crippen molar-refractivity contribution in [3.05, 3.63) is 35.1 Å². The first kappa shape index (κ1) is 18.7. The lowest BCUT2D eigenvalue weighted by Crippen LogP contribution is -2.35. The number of rotatable bonds is 6. The Labute approximate surface area is 139 Å². The van der Waals surface area contributed by atoms with Crippen LogP contribution in [0.5, 0.6) is 0 Å². The summed E-state index contributed by atoms with van der Waals surface area (Å²) in [7, 11) is 0. The molecule has 3 atom stereocenters. The van der Waals surface area contributed by atoms with Crippen molar-refractivity contribution in [1.29, 1.82) is 0 Å². The van der Waals surface area contributed by atoms with E-state index in [1.807, 2.05) is 0 Å². The Morgan fingerprint density at radius 2 is 2.00 bits per heavy atom. The van der Waals surface area contributed by atoms with E-state index in [0.29, 0.717) is 5.92 Å². The van der Waals surface area contributed by atoms with E-state index in [9.17, 15) is 23.1 Å². The van der Waals surface area contributed by atoms with Crippen LogP contribution in [0.3, 0.4) is 0 Å². The zero-order valence-electron chi connectivity index (χ0n) is 13.5. The molecule has 2 N–H and O–H groups in total. The lowest BCUT2D eigenvalue weighted by atomic mass is 9.89. The summed E-state index contributed by atoms with van der Waals surface area (Å²) in [4.78, 5) is 11.9. The average Bonchev–Trinajstić information content (AvgIpc) is 2.55. The van der Waals surface area contributed by atoms with Gasteiger partial charge in [-0.3, -0.25) is 4.79 Å². The summed E-state index contributed by atoms with van der Waals surface area (Å²) < 4.78 is 45.1. The van der Waals surface area contributed by atoms with E-state index >= 15 is 0 Å². The van der Waals surface area contributed by atoms with E-state index in [4.69, 9.17) is 4.74 Å². The van der Waals surface area contributed by atoms with Crippen molar-refractivity contribution in [1.82, 2.24) is 5.32 Å². The molecule has 0 aromatic heterocycles. The van der Waals surface area contributed by atoms with Gasteiger partial charge in [-0.05, 0) is 36.5 Å². The summed E-state index contributed by atoms with van der Waals surface area (Å²) in [5.41, 5.74) is -0.0476. The van der Waals surface area contributed by atoms with Gasteiger partial charge in [0.15, 0.2) is 17.5 Å². The maximum absolute atomic E-state index is 13.3. The normalized spacial score (nSPS) is 22.2. The summed E-state index contributed by atoms with van der Waals surface area (Å²) >= 11 is 0. The van der Waals surface area contributed by atoms with Crippen molar-refractivity contribution in [3.63, 3.8) is 0 Å². The number of ether oxygens (including phenoxy) is 1. The van der Waals surface area contributed by atoms with Gasteiger partial charge in [0.05, 0.1) is 18.8 Å². The second kappa shape index (κ2) is 8.48. The molecule has 7 heteroatoms. The van der Waals surface area contributed by atoms with Gasteiger partial charge in [0.1, 0.15) is 6.61 Å². The van der Waals surface area contributed by atoms with Crippen LogP contribution in [0.4, 0.5) is 13.2 Å². The lowest BCUT2D eigenvalue weighted by molar-refractivity contribution is -0.129. The van der Waals surface area contributed by atoms with Gasteiger partial charge in [-0.15, -0.1) is 0 Å². The number of halogens is 3. The highest BCUT2D eigenvalue weighted by molar-refractivity contribution is 5.77. The average molecular weight is 345 g/mol. The molecule has 0 radical (unpaired) electrons. The molecule has 1 aromatic carbocycles. The van der Waals surface area contributed by atoms with E-state index in [-0.39, 0.29) is 18.3 Å². The maximum Gasteiger partial charge on any atom is 0.246 e. The predicted octanol–water partition coefficient (Wildman–Crippen LogP) is 2.85. The molecule has 1 amide bonds. The van der Waals surface area contributed by atoms with Crippen LogP contribution >= 0.6 is 0 Å². The highest BCUT2D eigenvalue weighted by Gasteiger charge is 2.22. The van der Waals surface area contributed by atoms with Crippen molar-refractivity contribution in [3.8, 4) is 0 Å². The minimum absolute atomic E-state index is 0.0211. The molecule has 2 rings (SSSR count). The Balaban J connectivity index is 1.91. The second-order valence-corrected chi connectivity index (χ2v) is 6.31. The summed E-state index contributed by atoms with van der Waals surface area (Å²) in [6.45, 7) is 1.37. The Morgan fingerprint density at radius 1 is 1.33 bits per heavy atom. The van der Waals surface area contributed by atoms with Gasteiger partial charge in [0, 0.05) is 0 Å². The van der Waals surface area contributed by atoms with Crippen molar-refractivity contribution in [2.45, 2.75) is 44.8 Å². The molecule has 3 unspecified atom stereocenters. The number of nitrogens with one attached hydrogen (secondary N) is 1. The van der Waals surface area contributed by atoms with Gasteiger partial charge < -0.3 is 15.2 Å². The number of hydrogen-bond donors (Lipinski definition) is 2. The Hall–Kier alpha value is -1.60. The molecule has 0 spiro atoms. The monoisotopic (exact) mass is 345 g/mol. The third-order valence-electron chi connectivity index (χ3n) is 4.26. The molecule has 1 saturated carbocycles. The highest BCUT2D eigenvalue weighted by atomic mass is 19.2. The second-order valence-electron chi connectivity index (χ2n) is 6.31. The van der Waals surface area contributed by atoms with Crippen LogP contribution < -0.4 is 5.32 Å². The van der Waals surface area contributed by atoms with Crippen LogP contribution in [0, 0.1) is 23.4 Å². The van der Waals surface area contributed by atoms with E-state index in [1.165, 1.54) is 0 Å². The Morgan fingerprint density at radius 3 is 2.58 bits per heavy atom.